The predicted molar refractivity (Wildman–Crippen MR) is 88.4 cm³/mol. The number of ether oxygens (including phenoxy) is 1. The first-order chi connectivity index (χ1) is 10.3. The molecule has 0 saturated heterocycles. The van der Waals surface area contributed by atoms with E-state index in [1.54, 1.807) is 12.4 Å². The monoisotopic (exact) mass is 339 g/mol. The van der Waals surface area contributed by atoms with E-state index in [4.69, 9.17) is 27.9 Å². The van der Waals surface area contributed by atoms with Crippen LogP contribution in [0.25, 0.3) is 0 Å². The van der Waals surface area contributed by atoms with E-state index in [1.807, 2.05) is 33.8 Å². The van der Waals surface area contributed by atoms with Gasteiger partial charge in [0.15, 0.2) is 5.82 Å². The smallest absolute Gasteiger partial charge is 0.156 e. The molecule has 0 aromatic carbocycles. The summed E-state index contributed by atoms with van der Waals surface area (Å²) in [5.74, 6) is 0.585. The third-order valence-corrected chi connectivity index (χ3v) is 3.72. The molecule has 0 spiro atoms. The van der Waals surface area contributed by atoms with Gasteiger partial charge in [0.25, 0.3) is 0 Å². The fourth-order valence-corrected chi connectivity index (χ4v) is 2.39. The van der Waals surface area contributed by atoms with Crippen molar-refractivity contribution in [3.63, 3.8) is 0 Å². The third kappa shape index (κ3) is 4.63. The lowest BCUT2D eigenvalue weighted by atomic mass is 10.1. The lowest BCUT2D eigenvalue weighted by molar-refractivity contribution is -0.0182. The van der Waals surface area contributed by atoms with Gasteiger partial charge < -0.3 is 4.74 Å². The number of hydrogen-bond acceptors (Lipinski definition) is 4. The molecule has 0 amide bonds. The number of aromatic nitrogens is 3. The summed E-state index contributed by atoms with van der Waals surface area (Å²) in [5, 5.41) is 1.05. The Morgan fingerprint density at radius 1 is 1.18 bits per heavy atom. The molecule has 2 aromatic rings. The van der Waals surface area contributed by atoms with Gasteiger partial charge in [0.2, 0.25) is 0 Å². The van der Waals surface area contributed by atoms with Crippen molar-refractivity contribution in [2.75, 3.05) is 0 Å². The van der Waals surface area contributed by atoms with Gasteiger partial charge >= 0.3 is 0 Å². The Bertz CT molecular complexity index is 646. The van der Waals surface area contributed by atoms with E-state index < -0.39 is 0 Å². The number of halogens is 2. The lowest BCUT2D eigenvalue weighted by Crippen LogP contribution is -2.20. The van der Waals surface area contributed by atoms with E-state index >= 15 is 0 Å². The maximum atomic E-state index is 6.32. The first-order valence-electron chi connectivity index (χ1n) is 7.00. The summed E-state index contributed by atoms with van der Waals surface area (Å²) >= 11 is 12.5. The van der Waals surface area contributed by atoms with Crippen LogP contribution in [0.4, 0.5) is 0 Å². The van der Waals surface area contributed by atoms with Crippen LogP contribution < -0.4 is 0 Å². The Hall–Kier alpha value is -1.23. The average Bonchev–Trinajstić information content (AvgIpc) is 2.42. The van der Waals surface area contributed by atoms with E-state index in [-0.39, 0.29) is 5.60 Å². The molecule has 118 valence electrons. The number of rotatable bonds is 4. The van der Waals surface area contributed by atoms with E-state index in [9.17, 15) is 0 Å². The van der Waals surface area contributed by atoms with E-state index in [2.05, 4.69) is 15.0 Å². The van der Waals surface area contributed by atoms with Gasteiger partial charge in [0, 0.05) is 30.1 Å². The summed E-state index contributed by atoms with van der Waals surface area (Å²) in [6.07, 6.45) is 3.90. The maximum Gasteiger partial charge on any atom is 0.156 e. The van der Waals surface area contributed by atoms with Crippen molar-refractivity contribution in [3.8, 4) is 0 Å². The largest absolute Gasteiger partial charge is 0.368 e. The van der Waals surface area contributed by atoms with Crippen molar-refractivity contribution in [2.45, 2.75) is 46.3 Å². The number of hydrogen-bond donors (Lipinski definition) is 0. The number of pyridine rings is 1. The molecule has 2 aromatic heterocycles. The van der Waals surface area contributed by atoms with Crippen molar-refractivity contribution >= 4 is 23.2 Å². The zero-order chi connectivity index (χ0) is 16.3. The zero-order valence-corrected chi connectivity index (χ0v) is 14.7. The minimum Gasteiger partial charge on any atom is -0.368 e. The van der Waals surface area contributed by atoms with E-state index in [0.29, 0.717) is 29.0 Å². The first-order valence-corrected chi connectivity index (χ1v) is 7.76. The summed E-state index contributed by atoms with van der Waals surface area (Å²) in [6, 6.07) is 1.87. The third-order valence-electron chi connectivity index (χ3n) is 3.07. The van der Waals surface area contributed by atoms with Crippen LogP contribution in [0.5, 0.6) is 0 Å². The van der Waals surface area contributed by atoms with Crippen LogP contribution in [0.15, 0.2) is 18.5 Å². The van der Waals surface area contributed by atoms with Gasteiger partial charge in [0.1, 0.15) is 11.8 Å². The molecule has 0 radical (unpaired) electrons. The maximum absolute atomic E-state index is 6.32. The molecular formula is C16H19Cl2N3O. The second-order valence-electron chi connectivity index (χ2n) is 6.04. The van der Waals surface area contributed by atoms with Gasteiger partial charge in [-0.3, -0.25) is 4.98 Å². The van der Waals surface area contributed by atoms with Crippen molar-refractivity contribution in [1.82, 2.24) is 15.0 Å². The van der Waals surface area contributed by atoms with E-state index in [0.717, 1.165) is 16.8 Å². The van der Waals surface area contributed by atoms with Crippen LogP contribution in [0.1, 0.15) is 43.4 Å². The molecule has 0 saturated carbocycles. The molecule has 2 heterocycles. The lowest BCUT2D eigenvalue weighted by Gasteiger charge is -2.19. The molecule has 0 fully saturated rings. The highest BCUT2D eigenvalue weighted by atomic mass is 35.5. The second-order valence-corrected chi connectivity index (χ2v) is 6.80. The van der Waals surface area contributed by atoms with Crippen LogP contribution >= 0.6 is 23.2 Å². The molecule has 0 atom stereocenters. The molecule has 0 aliphatic heterocycles. The summed E-state index contributed by atoms with van der Waals surface area (Å²) < 4.78 is 5.69. The molecule has 2 rings (SSSR count). The minimum atomic E-state index is -0.243. The summed E-state index contributed by atoms with van der Waals surface area (Å²) in [6.45, 7) is 8.21. The first kappa shape index (κ1) is 17.1. The molecule has 0 aliphatic carbocycles. The van der Waals surface area contributed by atoms with Gasteiger partial charge in [0.05, 0.1) is 10.6 Å². The second kappa shape index (κ2) is 6.90. The van der Waals surface area contributed by atoms with Crippen molar-refractivity contribution in [1.29, 1.82) is 0 Å². The van der Waals surface area contributed by atoms with E-state index in [1.165, 1.54) is 0 Å². The SMILES string of the molecule is Cc1nc(COC(C)(C)C)nc(Cl)c1Cc1ccncc1Cl. The number of nitrogens with zero attached hydrogens (tertiary/aromatic N) is 3. The predicted octanol–water partition coefficient (Wildman–Crippen LogP) is 4.39. The van der Waals surface area contributed by atoms with Crippen LogP contribution in [0, 0.1) is 6.92 Å². The Morgan fingerprint density at radius 3 is 2.50 bits per heavy atom. The molecule has 22 heavy (non-hydrogen) atoms. The molecule has 0 unspecified atom stereocenters. The molecule has 0 N–H and O–H groups in total. The molecule has 6 heteroatoms. The standard InChI is InChI=1S/C16H19Cl2N3O/c1-10-12(7-11-5-6-19-8-13(11)17)15(18)21-14(20-10)9-22-16(2,3)4/h5-6,8H,7,9H2,1-4H3. The summed E-state index contributed by atoms with van der Waals surface area (Å²) in [5.41, 5.74) is 2.41. The van der Waals surface area contributed by atoms with Gasteiger partial charge in [-0.15, -0.1) is 0 Å². The molecule has 0 bridgehead atoms. The highest BCUT2D eigenvalue weighted by Crippen LogP contribution is 2.24. The minimum absolute atomic E-state index is 0.243. The number of aryl methyl sites for hydroxylation is 1. The van der Waals surface area contributed by atoms with Crippen LogP contribution in [-0.4, -0.2) is 20.6 Å². The van der Waals surface area contributed by atoms with Gasteiger partial charge in [-0.25, -0.2) is 9.97 Å². The zero-order valence-electron chi connectivity index (χ0n) is 13.2. The summed E-state index contributed by atoms with van der Waals surface area (Å²) in [7, 11) is 0. The highest BCUT2D eigenvalue weighted by molar-refractivity contribution is 6.31. The highest BCUT2D eigenvalue weighted by Gasteiger charge is 2.15. The van der Waals surface area contributed by atoms with Crippen molar-refractivity contribution in [3.05, 3.63) is 51.3 Å². The van der Waals surface area contributed by atoms with Gasteiger partial charge in [-0.2, -0.15) is 0 Å². The Balaban J connectivity index is 2.22. The van der Waals surface area contributed by atoms with Gasteiger partial charge in [-0.05, 0) is 39.3 Å². The topological polar surface area (TPSA) is 47.9 Å². The van der Waals surface area contributed by atoms with Gasteiger partial charge in [-0.1, -0.05) is 23.2 Å². The molecule has 0 aliphatic rings. The fraction of sp³-hybridized carbons (Fsp3) is 0.438. The molecule has 4 nitrogen and oxygen atoms in total. The van der Waals surface area contributed by atoms with Crippen LogP contribution in [0.3, 0.4) is 0 Å². The normalized spacial score (nSPS) is 11.7. The average molecular weight is 340 g/mol. The van der Waals surface area contributed by atoms with Crippen LogP contribution in [0.2, 0.25) is 10.2 Å². The Kier molecular flexibility index (Phi) is 5.37. The Labute approximate surface area is 140 Å². The van der Waals surface area contributed by atoms with Crippen molar-refractivity contribution in [2.24, 2.45) is 0 Å². The van der Waals surface area contributed by atoms with Crippen LogP contribution in [-0.2, 0) is 17.8 Å². The Morgan fingerprint density at radius 2 is 1.91 bits per heavy atom. The quantitative estimate of drug-likeness (QED) is 0.775. The summed E-state index contributed by atoms with van der Waals surface area (Å²) in [4.78, 5) is 12.8. The molecular weight excluding hydrogens is 321 g/mol. The van der Waals surface area contributed by atoms with Crippen molar-refractivity contribution < 1.29 is 4.74 Å². The fourth-order valence-electron chi connectivity index (χ4n) is 1.90.